The van der Waals surface area contributed by atoms with Crippen molar-refractivity contribution in [1.29, 1.82) is 0 Å². The summed E-state index contributed by atoms with van der Waals surface area (Å²) in [6.45, 7) is 5.90. The maximum absolute atomic E-state index is 12.2. The molecule has 0 heterocycles. The first-order valence-corrected chi connectivity index (χ1v) is 8.85. The Hall–Kier alpha value is -1.08. The number of halogens is 1. The molecule has 1 aromatic rings. The average Bonchev–Trinajstić information content (AvgIpc) is 3.08. The van der Waals surface area contributed by atoms with Crippen LogP contribution in [-0.2, 0) is 14.8 Å². The minimum Gasteiger partial charge on any atom is -0.442 e. The molecular weight excluding hydrogens is 358 g/mol. The molecule has 1 amide bonds. The van der Waals surface area contributed by atoms with Crippen molar-refractivity contribution in [1.82, 2.24) is 4.72 Å². The molecule has 116 valence electrons. The van der Waals surface area contributed by atoms with E-state index in [-0.39, 0.29) is 10.3 Å². The predicted octanol–water partition coefficient (Wildman–Crippen LogP) is 3.44. The summed E-state index contributed by atoms with van der Waals surface area (Å²) in [4.78, 5) is 11.9. The van der Waals surface area contributed by atoms with Crippen LogP contribution in [0.25, 0.3) is 0 Å². The maximum Gasteiger partial charge on any atom is 0.421 e. The highest BCUT2D eigenvalue weighted by Crippen LogP contribution is 2.52. The van der Waals surface area contributed by atoms with Gasteiger partial charge in [-0.25, -0.2) is 17.9 Å². The number of hydrogen-bond acceptors (Lipinski definition) is 4. The second-order valence-corrected chi connectivity index (χ2v) is 8.67. The number of sulfonamides is 1. The molecule has 0 radical (unpaired) electrons. The monoisotopic (exact) mass is 375 g/mol. The highest BCUT2D eigenvalue weighted by Gasteiger charge is 2.56. The summed E-state index contributed by atoms with van der Waals surface area (Å²) >= 11 is 3.16. The van der Waals surface area contributed by atoms with Crippen LogP contribution in [0.2, 0.25) is 0 Å². The molecule has 0 bridgehead atoms. The van der Waals surface area contributed by atoms with Crippen LogP contribution in [0.1, 0.15) is 33.6 Å². The van der Waals surface area contributed by atoms with Gasteiger partial charge in [0.25, 0.3) is 10.0 Å². The lowest BCUT2D eigenvalue weighted by Crippen LogP contribution is -2.40. The quantitative estimate of drug-likeness (QED) is 0.877. The number of carbonyl (C=O) groups is 1. The molecule has 21 heavy (non-hydrogen) atoms. The molecule has 0 spiro atoms. The van der Waals surface area contributed by atoms with E-state index in [9.17, 15) is 13.2 Å². The molecule has 1 aromatic carbocycles. The number of benzene rings is 1. The third kappa shape index (κ3) is 3.40. The number of carbonyl (C=O) groups excluding carboxylic acids is 1. The summed E-state index contributed by atoms with van der Waals surface area (Å²) in [5.74, 6) is 0. The van der Waals surface area contributed by atoms with Crippen LogP contribution in [0, 0.1) is 5.41 Å². The number of ether oxygens (including phenoxy) is 1. The number of amides is 1. The molecule has 0 aromatic heterocycles. The molecule has 2 rings (SSSR count). The van der Waals surface area contributed by atoms with Crippen LogP contribution in [0.3, 0.4) is 0 Å². The molecular formula is C14H18BrNO4S. The van der Waals surface area contributed by atoms with Crippen LogP contribution < -0.4 is 4.72 Å². The number of hydrogen-bond donors (Lipinski definition) is 1. The Morgan fingerprint density at radius 3 is 2.33 bits per heavy atom. The summed E-state index contributed by atoms with van der Waals surface area (Å²) in [6, 6.07) is 6.29. The van der Waals surface area contributed by atoms with Crippen LogP contribution >= 0.6 is 15.9 Å². The van der Waals surface area contributed by atoms with Gasteiger partial charge in [-0.2, -0.15) is 0 Å². The Kier molecular flexibility index (Phi) is 4.10. The Labute approximate surface area is 133 Å². The van der Waals surface area contributed by atoms with E-state index in [1.165, 1.54) is 6.07 Å². The maximum atomic E-state index is 12.2. The van der Waals surface area contributed by atoms with E-state index in [4.69, 9.17) is 4.74 Å². The first-order chi connectivity index (χ1) is 9.57. The van der Waals surface area contributed by atoms with Crippen molar-refractivity contribution in [3.63, 3.8) is 0 Å². The highest BCUT2D eigenvalue weighted by atomic mass is 79.9. The summed E-state index contributed by atoms with van der Waals surface area (Å²) < 4.78 is 32.1. The second kappa shape index (κ2) is 5.28. The van der Waals surface area contributed by atoms with Gasteiger partial charge >= 0.3 is 6.09 Å². The van der Waals surface area contributed by atoms with Gasteiger partial charge in [-0.15, -0.1) is 0 Å². The third-order valence-electron chi connectivity index (χ3n) is 3.70. The van der Waals surface area contributed by atoms with E-state index in [1.54, 1.807) is 18.2 Å². The molecule has 0 aliphatic heterocycles. The smallest absolute Gasteiger partial charge is 0.421 e. The van der Waals surface area contributed by atoms with Crippen molar-refractivity contribution in [3.05, 3.63) is 28.7 Å². The Balaban J connectivity index is 2.12. The van der Waals surface area contributed by atoms with Crippen molar-refractivity contribution < 1.29 is 17.9 Å². The molecule has 7 heteroatoms. The first kappa shape index (κ1) is 16.3. The Bertz CT molecular complexity index is 660. The van der Waals surface area contributed by atoms with E-state index in [0.717, 1.165) is 12.8 Å². The van der Waals surface area contributed by atoms with Crippen molar-refractivity contribution in [3.8, 4) is 0 Å². The van der Waals surface area contributed by atoms with Gasteiger partial charge in [-0.05, 0) is 40.9 Å². The van der Waals surface area contributed by atoms with Crippen molar-refractivity contribution >= 4 is 32.0 Å². The first-order valence-electron chi connectivity index (χ1n) is 6.58. The van der Waals surface area contributed by atoms with Gasteiger partial charge in [0.05, 0.1) is 0 Å². The van der Waals surface area contributed by atoms with E-state index >= 15 is 0 Å². The topological polar surface area (TPSA) is 72.5 Å². The molecule has 1 aliphatic carbocycles. The van der Waals surface area contributed by atoms with Gasteiger partial charge in [0, 0.05) is 9.89 Å². The molecule has 0 unspecified atom stereocenters. The minimum absolute atomic E-state index is 0.00237. The molecule has 5 nitrogen and oxygen atoms in total. The van der Waals surface area contributed by atoms with Gasteiger partial charge in [0.15, 0.2) is 0 Å². The lowest BCUT2D eigenvalue weighted by atomic mass is 9.86. The third-order valence-corrected chi connectivity index (χ3v) is 6.03. The van der Waals surface area contributed by atoms with E-state index in [1.807, 2.05) is 25.5 Å². The molecule has 1 saturated carbocycles. The minimum atomic E-state index is -3.95. The fourth-order valence-corrected chi connectivity index (χ4v) is 4.02. The van der Waals surface area contributed by atoms with Crippen molar-refractivity contribution in [2.24, 2.45) is 5.41 Å². The average molecular weight is 376 g/mol. The fraction of sp³-hybridized carbons (Fsp3) is 0.500. The van der Waals surface area contributed by atoms with Gasteiger partial charge in [-0.3, -0.25) is 0 Å². The SMILES string of the molecule is CC(C)(C)C1(OC(=O)NS(=O)(=O)c2ccccc2Br)CC1. The molecule has 1 N–H and O–H groups in total. The van der Waals surface area contributed by atoms with Crippen LogP contribution in [0.5, 0.6) is 0 Å². The lowest BCUT2D eigenvalue weighted by molar-refractivity contribution is 0.0139. The highest BCUT2D eigenvalue weighted by molar-refractivity contribution is 9.10. The summed E-state index contributed by atoms with van der Waals surface area (Å²) in [5.41, 5.74) is -0.790. The van der Waals surface area contributed by atoms with Gasteiger partial charge in [0.1, 0.15) is 10.5 Å². The normalized spacial score (nSPS) is 17.1. The summed E-state index contributed by atoms with van der Waals surface area (Å²) in [7, 11) is -3.95. The Morgan fingerprint density at radius 2 is 1.86 bits per heavy atom. The second-order valence-electron chi connectivity index (χ2n) is 6.17. The van der Waals surface area contributed by atoms with E-state index in [2.05, 4.69) is 15.9 Å². The fourth-order valence-electron chi connectivity index (χ4n) is 2.14. The van der Waals surface area contributed by atoms with Gasteiger partial charge < -0.3 is 4.74 Å². The number of rotatable bonds is 3. The molecule has 0 saturated heterocycles. The van der Waals surface area contributed by atoms with E-state index in [0.29, 0.717) is 4.47 Å². The van der Waals surface area contributed by atoms with Crippen molar-refractivity contribution in [2.45, 2.75) is 44.1 Å². The molecule has 0 atom stereocenters. The summed E-state index contributed by atoms with van der Waals surface area (Å²) in [5, 5.41) is 0. The Morgan fingerprint density at radius 1 is 1.29 bits per heavy atom. The van der Waals surface area contributed by atoms with Gasteiger partial charge in [0.2, 0.25) is 0 Å². The zero-order valence-electron chi connectivity index (χ0n) is 12.1. The number of nitrogens with one attached hydrogen (secondary N) is 1. The molecule has 1 aliphatic rings. The van der Waals surface area contributed by atoms with Crippen LogP contribution in [0.15, 0.2) is 33.6 Å². The van der Waals surface area contributed by atoms with Crippen LogP contribution in [0.4, 0.5) is 4.79 Å². The van der Waals surface area contributed by atoms with Crippen molar-refractivity contribution in [2.75, 3.05) is 0 Å². The lowest BCUT2D eigenvalue weighted by Gasteiger charge is -2.30. The van der Waals surface area contributed by atoms with E-state index < -0.39 is 21.7 Å². The zero-order chi connectivity index (χ0) is 15.9. The van der Waals surface area contributed by atoms with Crippen LogP contribution in [-0.4, -0.2) is 20.1 Å². The predicted molar refractivity (Wildman–Crippen MR) is 82.4 cm³/mol. The zero-order valence-corrected chi connectivity index (χ0v) is 14.5. The standard InChI is InChI=1S/C14H18BrNO4S/c1-13(2,3)14(8-9-14)20-12(17)16-21(18,19)11-7-5-4-6-10(11)15/h4-7H,8-9H2,1-3H3,(H,16,17). The summed E-state index contributed by atoms with van der Waals surface area (Å²) in [6.07, 6.45) is 0.566. The van der Waals surface area contributed by atoms with Gasteiger partial charge in [-0.1, -0.05) is 32.9 Å². The molecule has 1 fully saturated rings. The largest absolute Gasteiger partial charge is 0.442 e.